The van der Waals surface area contributed by atoms with Gasteiger partial charge in [0.2, 0.25) is 0 Å². The molecule has 1 heterocycles. The lowest BCUT2D eigenvalue weighted by Crippen LogP contribution is -2.43. The Labute approximate surface area is 122 Å². The molecule has 0 fully saturated rings. The summed E-state index contributed by atoms with van der Waals surface area (Å²) in [5, 5.41) is 12.9. The quantitative estimate of drug-likeness (QED) is 0.588. The minimum absolute atomic E-state index is 0.0342. The molecule has 0 saturated heterocycles. The number of nitrogens with zero attached hydrogens (tertiary/aromatic N) is 1. The zero-order valence-corrected chi connectivity index (χ0v) is 10.8. The van der Waals surface area contributed by atoms with E-state index < -0.39 is 28.4 Å². The van der Waals surface area contributed by atoms with Crippen molar-refractivity contribution >= 4 is 23.3 Å². The van der Waals surface area contributed by atoms with Gasteiger partial charge in [-0.3, -0.25) is 20.3 Å². The van der Waals surface area contributed by atoms with E-state index in [9.17, 15) is 24.1 Å². The van der Waals surface area contributed by atoms with Crippen LogP contribution in [0.15, 0.2) is 41.0 Å². The number of hydrogen-bond donors (Lipinski definition) is 3. The van der Waals surface area contributed by atoms with E-state index in [0.717, 1.165) is 12.1 Å². The molecule has 0 bridgehead atoms. The maximum Gasteiger partial charge on any atom is 0.338 e. The summed E-state index contributed by atoms with van der Waals surface area (Å²) < 4.78 is 17.8. The highest BCUT2D eigenvalue weighted by atomic mass is 19.1. The third kappa shape index (κ3) is 3.56. The molecule has 0 radical (unpaired) electrons. The molecule has 10 heteroatoms. The van der Waals surface area contributed by atoms with Crippen LogP contribution in [0.3, 0.4) is 0 Å². The molecule has 3 amide bonds. The Hall–Kier alpha value is -3.43. The molecule has 0 aliphatic rings. The molecule has 3 N–H and O–H groups in total. The lowest BCUT2D eigenvalue weighted by atomic mass is 10.2. The molecular formula is C12H9FN4O5. The van der Waals surface area contributed by atoms with Crippen molar-refractivity contribution in [2.45, 2.75) is 0 Å². The zero-order chi connectivity index (χ0) is 16.1. The molecule has 0 aliphatic carbocycles. The Bertz CT molecular complexity index is 716. The molecule has 1 aromatic heterocycles. The summed E-state index contributed by atoms with van der Waals surface area (Å²) in [5.74, 6) is -1.56. The molecule has 0 aliphatic heterocycles. The lowest BCUT2D eigenvalue weighted by molar-refractivity contribution is -0.384. The topological polar surface area (TPSA) is 127 Å². The van der Waals surface area contributed by atoms with Gasteiger partial charge in [-0.2, -0.15) is 0 Å². The summed E-state index contributed by atoms with van der Waals surface area (Å²) in [4.78, 5) is 33.0. The third-order valence-corrected chi connectivity index (χ3v) is 2.44. The van der Waals surface area contributed by atoms with Gasteiger partial charge in [-0.15, -0.1) is 0 Å². The van der Waals surface area contributed by atoms with E-state index in [4.69, 9.17) is 4.42 Å². The highest BCUT2D eigenvalue weighted by molar-refractivity contribution is 5.96. The van der Waals surface area contributed by atoms with Gasteiger partial charge >= 0.3 is 11.9 Å². The average Bonchev–Trinajstić information content (AvgIpc) is 3.00. The standard InChI is InChI=1S/C12H9FN4O5/c13-7-3-4-8(9(6-7)17(20)21)14-12(19)16-15-11(18)10-2-1-5-22-10/h1-6H,(H,15,18)(H2,14,16,19). The van der Waals surface area contributed by atoms with E-state index in [0.29, 0.717) is 6.07 Å². The predicted molar refractivity (Wildman–Crippen MR) is 71.4 cm³/mol. The van der Waals surface area contributed by atoms with E-state index >= 15 is 0 Å². The van der Waals surface area contributed by atoms with Crippen molar-refractivity contribution in [2.24, 2.45) is 0 Å². The number of carbonyl (C=O) groups excluding carboxylic acids is 2. The number of halogens is 1. The minimum Gasteiger partial charge on any atom is -0.459 e. The van der Waals surface area contributed by atoms with Gasteiger partial charge in [0.05, 0.1) is 17.3 Å². The summed E-state index contributed by atoms with van der Waals surface area (Å²) in [6.45, 7) is 0. The number of hydrogen-bond acceptors (Lipinski definition) is 5. The normalized spacial score (nSPS) is 9.86. The summed E-state index contributed by atoms with van der Waals surface area (Å²) in [5.41, 5.74) is 3.16. The van der Waals surface area contributed by atoms with Crippen LogP contribution < -0.4 is 16.2 Å². The van der Waals surface area contributed by atoms with Gasteiger partial charge in [-0.1, -0.05) is 0 Å². The molecule has 2 rings (SSSR count). The average molecular weight is 308 g/mol. The van der Waals surface area contributed by atoms with Crippen LogP contribution in [0.2, 0.25) is 0 Å². The fraction of sp³-hybridized carbons (Fsp3) is 0. The predicted octanol–water partition coefficient (Wildman–Crippen LogP) is 1.79. The van der Waals surface area contributed by atoms with Crippen molar-refractivity contribution in [3.05, 3.63) is 58.3 Å². The maximum atomic E-state index is 13.0. The highest BCUT2D eigenvalue weighted by Gasteiger charge is 2.17. The minimum atomic E-state index is -0.949. The lowest BCUT2D eigenvalue weighted by Gasteiger charge is -2.08. The molecule has 0 atom stereocenters. The van der Waals surface area contributed by atoms with E-state index in [-0.39, 0.29) is 11.4 Å². The number of benzene rings is 1. The fourth-order valence-corrected chi connectivity index (χ4v) is 1.50. The number of furan rings is 1. The second kappa shape index (κ2) is 6.35. The van der Waals surface area contributed by atoms with Crippen LogP contribution >= 0.6 is 0 Å². The number of hydrazine groups is 1. The van der Waals surface area contributed by atoms with Crippen molar-refractivity contribution < 1.29 is 23.3 Å². The van der Waals surface area contributed by atoms with Gasteiger partial charge in [-0.05, 0) is 24.3 Å². The fourth-order valence-electron chi connectivity index (χ4n) is 1.50. The summed E-state index contributed by atoms with van der Waals surface area (Å²) in [6.07, 6.45) is 1.27. The molecule has 0 saturated carbocycles. The highest BCUT2D eigenvalue weighted by Crippen LogP contribution is 2.24. The Balaban J connectivity index is 1.98. The van der Waals surface area contributed by atoms with Crippen LogP contribution in [-0.2, 0) is 0 Å². The number of nitro benzene ring substituents is 1. The van der Waals surface area contributed by atoms with E-state index in [2.05, 4.69) is 5.32 Å². The van der Waals surface area contributed by atoms with Crippen molar-refractivity contribution in [3.63, 3.8) is 0 Å². The van der Waals surface area contributed by atoms with Crippen molar-refractivity contribution in [1.29, 1.82) is 0 Å². The number of amides is 3. The summed E-state index contributed by atoms with van der Waals surface area (Å²) in [6, 6.07) is 4.55. The largest absolute Gasteiger partial charge is 0.459 e. The number of carbonyl (C=O) groups is 2. The van der Waals surface area contributed by atoms with Crippen LogP contribution in [0, 0.1) is 15.9 Å². The van der Waals surface area contributed by atoms with Gasteiger partial charge in [0.15, 0.2) is 5.76 Å². The first-order valence-corrected chi connectivity index (χ1v) is 5.82. The third-order valence-electron chi connectivity index (χ3n) is 2.44. The Morgan fingerprint density at radius 2 is 2.00 bits per heavy atom. The van der Waals surface area contributed by atoms with Crippen LogP contribution in [0.1, 0.15) is 10.6 Å². The van der Waals surface area contributed by atoms with Crippen molar-refractivity contribution in [2.75, 3.05) is 5.32 Å². The van der Waals surface area contributed by atoms with Crippen LogP contribution in [-0.4, -0.2) is 16.9 Å². The van der Waals surface area contributed by atoms with Crippen LogP contribution in [0.25, 0.3) is 0 Å². The van der Waals surface area contributed by atoms with Crippen molar-refractivity contribution in [3.8, 4) is 0 Å². The molecule has 2 aromatic rings. The zero-order valence-electron chi connectivity index (χ0n) is 10.8. The van der Waals surface area contributed by atoms with Crippen molar-refractivity contribution in [1.82, 2.24) is 10.9 Å². The second-order valence-electron chi connectivity index (χ2n) is 3.93. The summed E-state index contributed by atoms with van der Waals surface area (Å²) >= 11 is 0. The van der Waals surface area contributed by atoms with Gasteiger partial charge in [0.1, 0.15) is 11.5 Å². The molecule has 1 aromatic carbocycles. The van der Waals surface area contributed by atoms with E-state index in [1.54, 1.807) is 0 Å². The SMILES string of the molecule is O=C(NNC(=O)c1ccco1)Nc1ccc(F)cc1[N+](=O)[O-]. The van der Waals surface area contributed by atoms with Gasteiger partial charge < -0.3 is 9.73 Å². The number of anilines is 1. The molecule has 114 valence electrons. The first-order chi connectivity index (χ1) is 10.5. The first kappa shape index (κ1) is 15.0. The second-order valence-corrected chi connectivity index (χ2v) is 3.93. The number of nitro groups is 1. The molecular weight excluding hydrogens is 299 g/mol. The van der Waals surface area contributed by atoms with E-state index in [1.807, 2.05) is 10.9 Å². The Kier molecular flexibility index (Phi) is 4.32. The maximum absolute atomic E-state index is 13.0. The number of nitrogens with one attached hydrogen (secondary N) is 3. The van der Waals surface area contributed by atoms with Gasteiger partial charge in [-0.25, -0.2) is 14.6 Å². The van der Waals surface area contributed by atoms with Gasteiger partial charge in [0.25, 0.3) is 5.69 Å². The number of urea groups is 1. The van der Waals surface area contributed by atoms with Crippen LogP contribution in [0.4, 0.5) is 20.6 Å². The Morgan fingerprint density at radius 3 is 2.64 bits per heavy atom. The van der Waals surface area contributed by atoms with E-state index in [1.165, 1.54) is 18.4 Å². The molecule has 9 nitrogen and oxygen atoms in total. The molecule has 0 spiro atoms. The summed E-state index contributed by atoms with van der Waals surface area (Å²) in [7, 11) is 0. The molecule has 22 heavy (non-hydrogen) atoms. The van der Waals surface area contributed by atoms with Crippen LogP contribution in [0.5, 0.6) is 0 Å². The van der Waals surface area contributed by atoms with Gasteiger partial charge in [0, 0.05) is 0 Å². The monoisotopic (exact) mass is 308 g/mol. The Morgan fingerprint density at radius 1 is 1.23 bits per heavy atom. The smallest absolute Gasteiger partial charge is 0.338 e. The first-order valence-electron chi connectivity index (χ1n) is 5.82. The number of rotatable bonds is 3. The molecule has 0 unspecified atom stereocenters.